The molecule has 1 saturated carbocycles. The maximum atomic E-state index is 13.0. The molecule has 1 fully saturated rings. The summed E-state index contributed by atoms with van der Waals surface area (Å²) in [7, 11) is 0. The number of carbonyl (C=O) groups excluding carboxylic acids is 1. The van der Waals surface area contributed by atoms with Crippen LogP contribution in [0, 0.1) is 0 Å². The molecule has 0 heterocycles. The number of nitrogens with one attached hydrogen (secondary N) is 2. The van der Waals surface area contributed by atoms with Gasteiger partial charge in [-0.1, -0.05) is 106 Å². The van der Waals surface area contributed by atoms with E-state index in [1.54, 1.807) is 6.08 Å². The quantitative estimate of drug-likeness (QED) is 0.347. The van der Waals surface area contributed by atoms with Gasteiger partial charge in [0.2, 0.25) is 0 Å². The van der Waals surface area contributed by atoms with Crippen LogP contribution in [-0.4, -0.2) is 17.3 Å². The fraction of sp³-hybridized carbons (Fsp3) is 0.300. The van der Waals surface area contributed by atoms with E-state index in [-0.39, 0.29) is 10.8 Å². The molecule has 0 saturated heterocycles. The Kier molecular flexibility index (Phi) is 7.79. The first-order valence-corrected chi connectivity index (χ1v) is 13.0. The standard InChI is InChI=1S/C30H34N2OS/c1-4-23-15-12-17-25(22(2)3)28(23)32-29(33)31-21-30(19-10-11-20-30)34-27-18-9-8-16-26(27)24-13-6-5-7-14-24/h4-9,12-18,22H,1,10-11,19-21H2,2-3H3,(H2,31,32,33). The van der Waals surface area contributed by atoms with Crippen LogP contribution in [0.3, 0.4) is 0 Å². The van der Waals surface area contributed by atoms with Crippen molar-refractivity contribution in [3.05, 3.63) is 90.5 Å². The zero-order valence-corrected chi connectivity index (χ0v) is 21.0. The fourth-order valence-corrected chi connectivity index (χ4v) is 6.31. The third kappa shape index (κ3) is 5.56. The molecular formula is C30H34N2OS. The predicted molar refractivity (Wildman–Crippen MR) is 147 cm³/mol. The van der Waals surface area contributed by atoms with Gasteiger partial charge in [0, 0.05) is 16.2 Å². The summed E-state index contributed by atoms with van der Waals surface area (Å²) in [5.74, 6) is 0.307. The van der Waals surface area contributed by atoms with Crippen LogP contribution in [0.15, 0.2) is 84.3 Å². The van der Waals surface area contributed by atoms with Gasteiger partial charge in [0.1, 0.15) is 0 Å². The highest BCUT2D eigenvalue weighted by Crippen LogP contribution is 2.47. The van der Waals surface area contributed by atoms with E-state index >= 15 is 0 Å². The van der Waals surface area contributed by atoms with Gasteiger partial charge in [-0.3, -0.25) is 0 Å². The summed E-state index contributed by atoms with van der Waals surface area (Å²) >= 11 is 1.93. The topological polar surface area (TPSA) is 41.1 Å². The summed E-state index contributed by atoms with van der Waals surface area (Å²) in [4.78, 5) is 14.3. The Morgan fingerprint density at radius 2 is 1.71 bits per heavy atom. The molecule has 2 N–H and O–H groups in total. The number of thioether (sulfide) groups is 1. The molecule has 0 bridgehead atoms. The fourth-order valence-electron chi connectivity index (χ4n) is 4.76. The molecule has 0 unspecified atom stereocenters. The SMILES string of the molecule is C=Cc1cccc(C(C)C)c1NC(=O)NCC1(Sc2ccccc2-c2ccccc2)CCCC1. The van der Waals surface area contributed by atoms with E-state index in [0.29, 0.717) is 12.5 Å². The van der Waals surface area contributed by atoms with Crippen molar-refractivity contribution >= 4 is 29.6 Å². The number of hydrogen-bond donors (Lipinski definition) is 2. The molecule has 0 aliphatic heterocycles. The normalized spacial score (nSPS) is 14.7. The molecule has 3 nitrogen and oxygen atoms in total. The third-order valence-corrected chi connectivity index (χ3v) is 8.16. The molecule has 34 heavy (non-hydrogen) atoms. The second-order valence-electron chi connectivity index (χ2n) is 9.33. The van der Waals surface area contributed by atoms with Crippen LogP contribution in [0.25, 0.3) is 17.2 Å². The molecule has 1 aliphatic rings. The van der Waals surface area contributed by atoms with Gasteiger partial charge >= 0.3 is 6.03 Å². The average Bonchev–Trinajstić information content (AvgIpc) is 3.32. The Morgan fingerprint density at radius 3 is 2.41 bits per heavy atom. The van der Waals surface area contributed by atoms with Gasteiger partial charge < -0.3 is 10.6 Å². The molecule has 3 aromatic rings. The molecule has 176 valence electrons. The molecule has 2 amide bonds. The number of anilines is 1. The van der Waals surface area contributed by atoms with Crippen LogP contribution < -0.4 is 10.6 Å². The number of para-hydroxylation sites is 1. The monoisotopic (exact) mass is 470 g/mol. The first-order chi connectivity index (χ1) is 16.5. The largest absolute Gasteiger partial charge is 0.336 e. The Labute approximate surface area is 208 Å². The van der Waals surface area contributed by atoms with E-state index in [9.17, 15) is 4.79 Å². The summed E-state index contributed by atoms with van der Waals surface area (Å²) in [6, 6.07) is 25.1. The van der Waals surface area contributed by atoms with E-state index in [4.69, 9.17) is 0 Å². The number of carbonyl (C=O) groups is 1. The lowest BCUT2D eigenvalue weighted by Crippen LogP contribution is -2.40. The van der Waals surface area contributed by atoms with Gasteiger partial charge in [0.25, 0.3) is 0 Å². The van der Waals surface area contributed by atoms with E-state index in [1.807, 2.05) is 23.9 Å². The molecule has 3 aromatic carbocycles. The maximum absolute atomic E-state index is 13.0. The summed E-state index contributed by atoms with van der Waals surface area (Å²) in [6.07, 6.45) is 6.39. The van der Waals surface area contributed by atoms with Crippen molar-refractivity contribution in [2.75, 3.05) is 11.9 Å². The smallest absolute Gasteiger partial charge is 0.319 e. The molecule has 0 radical (unpaired) electrons. The highest BCUT2D eigenvalue weighted by atomic mass is 32.2. The van der Waals surface area contributed by atoms with E-state index < -0.39 is 0 Å². The molecule has 0 atom stereocenters. The first-order valence-electron chi connectivity index (χ1n) is 12.1. The average molecular weight is 471 g/mol. The third-order valence-electron chi connectivity index (χ3n) is 6.59. The lowest BCUT2D eigenvalue weighted by Gasteiger charge is -2.30. The van der Waals surface area contributed by atoms with Crippen molar-refractivity contribution in [3.8, 4) is 11.1 Å². The highest BCUT2D eigenvalue weighted by Gasteiger charge is 2.36. The second kappa shape index (κ2) is 11.0. The number of benzene rings is 3. The minimum Gasteiger partial charge on any atom is -0.336 e. The number of urea groups is 1. The van der Waals surface area contributed by atoms with Crippen molar-refractivity contribution in [1.29, 1.82) is 0 Å². The Balaban J connectivity index is 1.50. The lowest BCUT2D eigenvalue weighted by atomic mass is 9.97. The minimum atomic E-state index is -0.153. The summed E-state index contributed by atoms with van der Waals surface area (Å²) in [6.45, 7) is 8.84. The zero-order valence-electron chi connectivity index (χ0n) is 20.1. The van der Waals surface area contributed by atoms with Crippen LogP contribution in [-0.2, 0) is 0 Å². The van der Waals surface area contributed by atoms with Crippen molar-refractivity contribution in [2.45, 2.75) is 55.1 Å². The van der Waals surface area contributed by atoms with Crippen LogP contribution in [0.2, 0.25) is 0 Å². The first kappa shape index (κ1) is 24.2. The van der Waals surface area contributed by atoms with Crippen molar-refractivity contribution in [3.63, 3.8) is 0 Å². The maximum Gasteiger partial charge on any atom is 0.319 e. The molecule has 0 spiro atoms. The minimum absolute atomic E-state index is 0.00105. The van der Waals surface area contributed by atoms with Crippen LogP contribution in [0.1, 0.15) is 56.6 Å². The molecule has 1 aliphatic carbocycles. The molecule has 4 rings (SSSR count). The van der Waals surface area contributed by atoms with Gasteiger partial charge in [-0.15, -0.1) is 11.8 Å². The van der Waals surface area contributed by atoms with Crippen LogP contribution >= 0.6 is 11.8 Å². The van der Waals surface area contributed by atoms with Crippen LogP contribution in [0.4, 0.5) is 10.5 Å². The summed E-state index contributed by atoms with van der Waals surface area (Å²) in [5, 5.41) is 6.33. The van der Waals surface area contributed by atoms with E-state index in [0.717, 1.165) is 29.7 Å². The van der Waals surface area contributed by atoms with E-state index in [1.165, 1.54) is 28.9 Å². The van der Waals surface area contributed by atoms with Crippen molar-refractivity contribution < 1.29 is 4.79 Å². The van der Waals surface area contributed by atoms with Gasteiger partial charge in [-0.05, 0) is 47.1 Å². The van der Waals surface area contributed by atoms with Crippen LogP contribution in [0.5, 0.6) is 0 Å². The number of amides is 2. The van der Waals surface area contributed by atoms with Gasteiger partial charge in [-0.2, -0.15) is 0 Å². The predicted octanol–water partition coefficient (Wildman–Crippen LogP) is 8.35. The molecule has 4 heteroatoms. The van der Waals surface area contributed by atoms with Gasteiger partial charge in [-0.25, -0.2) is 4.79 Å². The second-order valence-corrected chi connectivity index (χ2v) is 10.8. The number of hydrogen-bond acceptors (Lipinski definition) is 2. The van der Waals surface area contributed by atoms with Crippen molar-refractivity contribution in [1.82, 2.24) is 5.32 Å². The zero-order chi connectivity index (χ0) is 24.0. The highest BCUT2D eigenvalue weighted by molar-refractivity contribution is 8.00. The molecule has 0 aromatic heterocycles. The Hall–Kier alpha value is -2.98. The number of rotatable bonds is 8. The van der Waals surface area contributed by atoms with E-state index in [2.05, 4.69) is 91.7 Å². The molecular weight excluding hydrogens is 436 g/mol. The Bertz CT molecular complexity index is 1130. The lowest BCUT2D eigenvalue weighted by molar-refractivity contribution is 0.251. The summed E-state index contributed by atoms with van der Waals surface area (Å²) < 4.78 is 0.00105. The van der Waals surface area contributed by atoms with Crippen molar-refractivity contribution in [2.24, 2.45) is 0 Å². The van der Waals surface area contributed by atoms with Gasteiger partial charge in [0.15, 0.2) is 0 Å². The Morgan fingerprint density at radius 1 is 1.00 bits per heavy atom. The van der Waals surface area contributed by atoms with Gasteiger partial charge in [0.05, 0.1) is 5.69 Å². The summed E-state index contributed by atoms with van der Waals surface area (Å²) in [5.41, 5.74) is 5.40.